The van der Waals surface area contributed by atoms with Crippen molar-refractivity contribution >= 4 is 23.6 Å². The van der Waals surface area contributed by atoms with Crippen LogP contribution in [0.15, 0.2) is 10.3 Å². The molecule has 0 aromatic heterocycles. The van der Waals surface area contributed by atoms with Crippen molar-refractivity contribution in [2.45, 2.75) is 57.4 Å². The number of hydrogen-bond donors (Lipinski definition) is 0. The van der Waals surface area contributed by atoms with Gasteiger partial charge in [-0.25, -0.2) is 0 Å². The molecule has 10 nitrogen and oxygen atoms in total. The van der Waals surface area contributed by atoms with E-state index in [0.29, 0.717) is 25.9 Å². The Morgan fingerprint density at radius 1 is 1.19 bits per heavy atom. The van der Waals surface area contributed by atoms with Gasteiger partial charge >= 0.3 is 11.9 Å². The standard InChI is InChI=1S/C16H22N4O6/c1-10(21)25-9-11-5-6-12(26-11)20-16(24)14(22)13(17-18-20)15(23)19-7-3-2-4-8-19/h11-13H,2-9H2,1H3. The van der Waals surface area contributed by atoms with Crippen LogP contribution in [0.5, 0.6) is 0 Å². The monoisotopic (exact) mass is 366 g/mol. The van der Waals surface area contributed by atoms with Crippen molar-refractivity contribution in [1.82, 2.24) is 9.91 Å². The third-order valence-electron chi connectivity index (χ3n) is 4.66. The number of likely N-dealkylation sites (tertiary alicyclic amines) is 1. The third kappa shape index (κ3) is 3.90. The Balaban J connectivity index is 1.61. The van der Waals surface area contributed by atoms with Crippen LogP contribution in [0.25, 0.3) is 0 Å². The second-order valence-electron chi connectivity index (χ2n) is 6.60. The highest BCUT2D eigenvalue weighted by Crippen LogP contribution is 2.26. The number of Topliss-reactive ketones (excluding diaryl/α,β-unsaturated/α-hetero) is 1. The molecule has 2 saturated heterocycles. The van der Waals surface area contributed by atoms with E-state index in [1.807, 2.05) is 0 Å². The topological polar surface area (TPSA) is 118 Å². The van der Waals surface area contributed by atoms with Crippen LogP contribution in [0.2, 0.25) is 0 Å². The number of carbonyl (C=O) groups is 4. The average Bonchev–Trinajstić information content (AvgIpc) is 3.11. The largest absolute Gasteiger partial charge is 0.463 e. The van der Waals surface area contributed by atoms with E-state index in [1.54, 1.807) is 4.90 Å². The highest BCUT2D eigenvalue weighted by atomic mass is 16.6. The molecule has 3 atom stereocenters. The first-order valence-corrected chi connectivity index (χ1v) is 8.83. The van der Waals surface area contributed by atoms with Crippen molar-refractivity contribution in [1.29, 1.82) is 0 Å². The van der Waals surface area contributed by atoms with Gasteiger partial charge < -0.3 is 14.4 Å². The number of rotatable bonds is 4. The Bertz CT molecular complexity index is 630. The number of carbonyl (C=O) groups excluding carboxylic acids is 4. The summed E-state index contributed by atoms with van der Waals surface area (Å²) in [5, 5.41) is 8.45. The molecule has 0 radical (unpaired) electrons. The minimum absolute atomic E-state index is 0.0784. The van der Waals surface area contributed by atoms with Crippen molar-refractivity contribution in [3.63, 3.8) is 0 Å². The molecule has 10 heteroatoms. The number of piperidine rings is 1. The normalized spacial score (nSPS) is 29.2. The van der Waals surface area contributed by atoms with Crippen LogP contribution in [0.4, 0.5) is 0 Å². The zero-order valence-corrected chi connectivity index (χ0v) is 14.6. The van der Waals surface area contributed by atoms with Gasteiger partial charge in [-0.3, -0.25) is 19.2 Å². The second kappa shape index (κ2) is 7.90. The molecule has 3 aliphatic heterocycles. The first-order chi connectivity index (χ1) is 12.5. The molecule has 0 aliphatic carbocycles. The van der Waals surface area contributed by atoms with Crippen molar-refractivity contribution in [3.8, 4) is 0 Å². The van der Waals surface area contributed by atoms with E-state index in [2.05, 4.69) is 10.3 Å². The maximum atomic E-state index is 12.4. The van der Waals surface area contributed by atoms with E-state index in [1.165, 1.54) is 6.92 Å². The number of ether oxygens (including phenoxy) is 2. The summed E-state index contributed by atoms with van der Waals surface area (Å²) in [6.07, 6.45) is 2.68. The summed E-state index contributed by atoms with van der Waals surface area (Å²) < 4.78 is 10.5. The average molecular weight is 366 g/mol. The molecule has 3 aliphatic rings. The number of nitrogens with zero attached hydrogens (tertiary/aromatic N) is 4. The van der Waals surface area contributed by atoms with Crippen LogP contribution in [-0.2, 0) is 28.7 Å². The summed E-state index contributed by atoms with van der Waals surface area (Å²) in [6, 6.07) is -1.39. The van der Waals surface area contributed by atoms with Gasteiger partial charge in [-0.15, -0.1) is 5.11 Å². The molecule has 2 amide bonds. The summed E-state index contributed by atoms with van der Waals surface area (Å²) in [5.41, 5.74) is 0. The van der Waals surface area contributed by atoms with Crippen molar-refractivity contribution in [2.24, 2.45) is 10.3 Å². The van der Waals surface area contributed by atoms with E-state index < -0.39 is 35.8 Å². The van der Waals surface area contributed by atoms with Gasteiger partial charge in [0.05, 0.1) is 6.10 Å². The highest BCUT2D eigenvalue weighted by Gasteiger charge is 2.45. The minimum Gasteiger partial charge on any atom is -0.463 e. The second-order valence-corrected chi connectivity index (χ2v) is 6.60. The van der Waals surface area contributed by atoms with E-state index in [4.69, 9.17) is 9.47 Å². The van der Waals surface area contributed by atoms with E-state index in [-0.39, 0.29) is 12.7 Å². The Hall–Kier alpha value is -2.36. The number of amides is 2. The molecule has 26 heavy (non-hydrogen) atoms. The van der Waals surface area contributed by atoms with Gasteiger partial charge in [0, 0.05) is 20.0 Å². The quantitative estimate of drug-likeness (QED) is 0.399. The maximum absolute atomic E-state index is 12.4. The van der Waals surface area contributed by atoms with Gasteiger partial charge in [0.1, 0.15) is 6.61 Å². The lowest BCUT2D eigenvalue weighted by Gasteiger charge is -2.31. The Labute approximate surface area is 150 Å². The van der Waals surface area contributed by atoms with Gasteiger partial charge in [-0.1, -0.05) is 5.22 Å². The third-order valence-corrected chi connectivity index (χ3v) is 4.66. The lowest BCUT2D eigenvalue weighted by molar-refractivity contribution is -0.163. The summed E-state index contributed by atoms with van der Waals surface area (Å²) in [7, 11) is 0. The van der Waals surface area contributed by atoms with Crippen LogP contribution in [-0.4, -0.2) is 71.5 Å². The number of ketones is 1. The van der Waals surface area contributed by atoms with Gasteiger partial charge in [0.25, 0.3) is 11.7 Å². The van der Waals surface area contributed by atoms with Gasteiger partial charge in [0.2, 0.25) is 6.04 Å². The summed E-state index contributed by atoms with van der Waals surface area (Å²) >= 11 is 0. The molecule has 0 aromatic carbocycles. The lowest BCUT2D eigenvalue weighted by Crippen LogP contribution is -2.52. The number of hydrogen-bond acceptors (Lipinski definition) is 8. The number of esters is 1. The molecule has 0 N–H and O–H groups in total. The molecular formula is C16H22N4O6. The Morgan fingerprint density at radius 2 is 1.92 bits per heavy atom. The molecular weight excluding hydrogens is 344 g/mol. The van der Waals surface area contributed by atoms with Gasteiger partial charge in [-0.05, 0) is 32.1 Å². The summed E-state index contributed by atoms with van der Waals surface area (Å²) in [5.74, 6) is -2.66. The first-order valence-electron chi connectivity index (χ1n) is 8.83. The predicted octanol–water partition coefficient (Wildman–Crippen LogP) is 0.214. The summed E-state index contributed by atoms with van der Waals surface area (Å²) in [6.45, 7) is 2.52. The fraction of sp³-hybridized carbons (Fsp3) is 0.750. The van der Waals surface area contributed by atoms with Gasteiger partial charge in [0.15, 0.2) is 6.23 Å². The van der Waals surface area contributed by atoms with Crippen molar-refractivity contribution in [3.05, 3.63) is 0 Å². The van der Waals surface area contributed by atoms with Gasteiger partial charge in [-0.2, -0.15) is 5.01 Å². The fourth-order valence-electron chi connectivity index (χ4n) is 3.27. The van der Waals surface area contributed by atoms with Crippen LogP contribution in [0.1, 0.15) is 39.0 Å². The SMILES string of the molecule is CC(=O)OCC1CCC(N2N=NC(C(=O)N3CCCCC3)C(=O)C2=O)O1. The molecule has 2 fully saturated rings. The van der Waals surface area contributed by atoms with E-state index in [9.17, 15) is 19.2 Å². The van der Waals surface area contributed by atoms with E-state index >= 15 is 0 Å². The van der Waals surface area contributed by atoms with Crippen LogP contribution in [0, 0.1) is 0 Å². The Morgan fingerprint density at radius 3 is 2.62 bits per heavy atom. The van der Waals surface area contributed by atoms with Crippen LogP contribution < -0.4 is 0 Å². The highest BCUT2D eigenvalue weighted by molar-refractivity contribution is 6.42. The summed E-state index contributed by atoms with van der Waals surface area (Å²) in [4.78, 5) is 49.6. The molecule has 0 spiro atoms. The van der Waals surface area contributed by atoms with Crippen LogP contribution in [0.3, 0.4) is 0 Å². The smallest absolute Gasteiger partial charge is 0.316 e. The zero-order valence-electron chi connectivity index (χ0n) is 14.6. The molecule has 0 aromatic rings. The fourth-order valence-corrected chi connectivity index (χ4v) is 3.27. The van der Waals surface area contributed by atoms with Crippen LogP contribution >= 0.6 is 0 Å². The molecule has 142 valence electrons. The zero-order chi connectivity index (χ0) is 18.7. The van der Waals surface area contributed by atoms with Crippen molar-refractivity contribution < 1.29 is 28.7 Å². The predicted molar refractivity (Wildman–Crippen MR) is 85.5 cm³/mol. The van der Waals surface area contributed by atoms with Crippen molar-refractivity contribution in [2.75, 3.05) is 19.7 Å². The van der Waals surface area contributed by atoms with E-state index in [0.717, 1.165) is 24.3 Å². The Kier molecular flexibility index (Phi) is 5.60. The minimum atomic E-state index is -1.39. The molecule has 3 heterocycles. The lowest BCUT2D eigenvalue weighted by atomic mass is 10.1. The molecule has 3 rings (SSSR count). The first kappa shape index (κ1) is 18.4. The molecule has 3 unspecified atom stereocenters. The molecule has 0 bridgehead atoms. The molecule has 0 saturated carbocycles. The maximum Gasteiger partial charge on any atom is 0.316 e.